The zero-order chi connectivity index (χ0) is 25.7. The van der Waals surface area contributed by atoms with Crippen LogP contribution in [0.2, 0.25) is 0 Å². The van der Waals surface area contributed by atoms with Gasteiger partial charge in [0, 0.05) is 47.8 Å². The minimum absolute atomic E-state index is 0.115. The van der Waals surface area contributed by atoms with E-state index in [2.05, 4.69) is 62.4 Å². The number of nitrogens with zero attached hydrogens (tertiary/aromatic N) is 1. The van der Waals surface area contributed by atoms with Gasteiger partial charge in [0.15, 0.2) is 23.1 Å². The number of hydrogen-bond acceptors (Lipinski definition) is 5. The Morgan fingerprint density at radius 1 is 0.943 bits per heavy atom. The molecule has 0 saturated carbocycles. The average molecular weight is 545 g/mol. The maximum atomic E-state index is 13.8. The SMILES string of the molecule is CCCOc1c(Br)cc(C2C3=C(CC(C)(C)CC3=O)N(CC)C3=C2C(=O)CC(C)(C)C3)cc1OC. The smallest absolute Gasteiger partial charge is 0.175 e. The average Bonchev–Trinajstić information content (AvgIpc) is 2.74. The van der Waals surface area contributed by atoms with Crippen LogP contribution in [0.1, 0.15) is 85.1 Å². The summed E-state index contributed by atoms with van der Waals surface area (Å²) in [6.07, 6.45) is 3.49. The molecule has 0 N–H and O–H groups in total. The van der Waals surface area contributed by atoms with Gasteiger partial charge in [-0.2, -0.15) is 0 Å². The number of carbonyl (C=O) groups is 2. The van der Waals surface area contributed by atoms with Gasteiger partial charge in [0.25, 0.3) is 0 Å². The van der Waals surface area contributed by atoms with Crippen LogP contribution in [0.3, 0.4) is 0 Å². The molecule has 0 unspecified atom stereocenters. The van der Waals surface area contributed by atoms with Gasteiger partial charge in [0.1, 0.15) is 0 Å². The third kappa shape index (κ3) is 4.71. The molecule has 0 spiro atoms. The van der Waals surface area contributed by atoms with E-state index in [0.717, 1.165) is 58.4 Å². The summed E-state index contributed by atoms with van der Waals surface area (Å²) in [6.45, 7) is 14.2. The Kier molecular flexibility index (Phi) is 7.00. The molecule has 1 heterocycles. The van der Waals surface area contributed by atoms with Gasteiger partial charge in [-0.15, -0.1) is 0 Å². The highest BCUT2D eigenvalue weighted by Crippen LogP contribution is 2.55. The van der Waals surface area contributed by atoms with E-state index < -0.39 is 0 Å². The van der Waals surface area contributed by atoms with Crippen molar-refractivity contribution < 1.29 is 19.1 Å². The van der Waals surface area contributed by atoms with E-state index in [-0.39, 0.29) is 28.3 Å². The van der Waals surface area contributed by atoms with Crippen molar-refractivity contribution >= 4 is 27.5 Å². The molecule has 1 aromatic rings. The van der Waals surface area contributed by atoms with Gasteiger partial charge in [-0.25, -0.2) is 0 Å². The number of ketones is 2. The van der Waals surface area contributed by atoms with Crippen LogP contribution in [0, 0.1) is 10.8 Å². The molecule has 1 aliphatic heterocycles. The lowest BCUT2D eigenvalue weighted by molar-refractivity contribution is -0.119. The Morgan fingerprint density at radius 3 is 1.94 bits per heavy atom. The van der Waals surface area contributed by atoms with Crippen molar-refractivity contribution in [1.29, 1.82) is 0 Å². The van der Waals surface area contributed by atoms with Crippen molar-refractivity contribution in [3.05, 3.63) is 44.7 Å². The van der Waals surface area contributed by atoms with E-state index in [9.17, 15) is 9.59 Å². The van der Waals surface area contributed by atoms with Gasteiger partial charge in [-0.05, 0) is 70.6 Å². The summed E-state index contributed by atoms with van der Waals surface area (Å²) >= 11 is 3.69. The number of allylic oxidation sites excluding steroid dienone is 4. The molecule has 4 rings (SSSR count). The summed E-state index contributed by atoms with van der Waals surface area (Å²) < 4.78 is 12.5. The first-order valence-corrected chi connectivity index (χ1v) is 13.5. The Labute approximate surface area is 218 Å². The molecule has 1 aromatic carbocycles. The van der Waals surface area contributed by atoms with Crippen molar-refractivity contribution in [3.8, 4) is 11.5 Å². The summed E-state index contributed by atoms with van der Waals surface area (Å²) in [5.41, 5.74) is 4.42. The molecule has 0 aromatic heterocycles. The molecule has 0 saturated heterocycles. The van der Waals surface area contributed by atoms with Crippen LogP contribution in [0.4, 0.5) is 0 Å². The zero-order valence-electron chi connectivity index (χ0n) is 22.1. The predicted octanol–water partition coefficient (Wildman–Crippen LogP) is 6.95. The molecule has 0 fully saturated rings. The minimum atomic E-state index is -0.388. The van der Waals surface area contributed by atoms with Crippen LogP contribution in [0.25, 0.3) is 0 Å². The summed E-state index contributed by atoms with van der Waals surface area (Å²) in [6, 6.07) is 3.96. The zero-order valence-corrected chi connectivity index (χ0v) is 23.7. The van der Waals surface area contributed by atoms with Crippen LogP contribution in [-0.2, 0) is 9.59 Å². The normalized spacial score (nSPS) is 21.8. The predicted molar refractivity (Wildman–Crippen MR) is 142 cm³/mol. The first kappa shape index (κ1) is 26.0. The summed E-state index contributed by atoms with van der Waals surface area (Å²) in [5.74, 6) is 1.16. The van der Waals surface area contributed by atoms with E-state index in [0.29, 0.717) is 30.9 Å². The highest BCUT2D eigenvalue weighted by atomic mass is 79.9. The van der Waals surface area contributed by atoms with Gasteiger partial charge in [0.05, 0.1) is 18.2 Å². The lowest BCUT2D eigenvalue weighted by atomic mass is 9.63. The van der Waals surface area contributed by atoms with Crippen LogP contribution in [0.15, 0.2) is 39.1 Å². The van der Waals surface area contributed by atoms with Gasteiger partial charge in [0.2, 0.25) is 0 Å². The highest BCUT2D eigenvalue weighted by Gasteiger charge is 2.48. The van der Waals surface area contributed by atoms with Crippen molar-refractivity contribution in [1.82, 2.24) is 4.90 Å². The second-order valence-electron chi connectivity index (χ2n) is 11.7. The van der Waals surface area contributed by atoms with E-state index in [4.69, 9.17) is 9.47 Å². The third-order valence-electron chi connectivity index (χ3n) is 7.37. The van der Waals surface area contributed by atoms with Crippen molar-refractivity contribution in [2.24, 2.45) is 10.8 Å². The second kappa shape index (κ2) is 9.42. The molecular formula is C29H38BrNO4. The van der Waals surface area contributed by atoms with Gasteiger partial charge in [-0.3, -0.25) is 9.59 Å². The summed E-state index contributed by atoms with van der Waals surface area (Å²) in [5, 5.41) is 0. The molecule has 190 valence electrons. The number of Topliss-reactive ketones (excluding diaryl/α,β-unsaturated/α-hetero) is 2. The number of methoxy groups -OCH3 is 1. The fraction of sp³-hybridized carbons (Fsp3) is 0.586. The van der Waals surface area contributed by atoms with Crippen LogP contribution in [0.5, 0.6) is 11.5 Å². The molecule has 3 aliphatic rings. The molecule has 0 atom stereocenters. The summed E-state index contributed by atoms with van der Waals surface area (Å²) in [4.78, 5) is 29.8. The van der Waals surface area contributed by atoms with E-state index >= 15 is 0 Å². The van der Waals surface area contributed by atoms with Crippen LogP contribution < -0.4 is 9.47 Å². The molecule has 0 bridgehead atoms. The first-order chi connectivity index (χ1) is 16.4. The van der Waals surface area contributed by atoms with Crippen LogP contribution >= 0.6 is 15.9 Å². The molecule has 0 amide bonds. The topological polar surface area (TPSA) is 55.8 Å². The molecule has 0 radical (unpaired) electrons. The van der Waals surface area contributed by atoms with E-state index in [1.54, 1.807) is 7.11 Å². The Morgan fingerprint density at radius 2 is 1.49 bits per heavy atom. The van der Waals surface area contributed by atoms with Gasteiger partial charge < -0.3 is 14.4 Å². The van der Waals surface area contributed by atoms with Gasteiger partial charge >= 0.3 is 0 Å². The number of ether oxygens (including phenoxy) is 2. The number of benzene rings is 1. The Bertz CT molecular complexity index is 1070. The fourth-order valence-corrected chi connectivity index (χ4v) is 6.59. The van der Waals surface area contributed by atoms with Crippen molar-refractivity contribution in [2.45, 2.75) is 79.6 Å². The maximum Gasteiger partial charge on any atom is 0.175 e. The Balaban J connectivity index is 1.98. The molecule has 2 aliphatic carbocycles. The largest absolute Gasteiger partial charge is 0.493 e. The fourth-order valence-electron chi connectivity index (χ4n) is 6.01. The minimum Gasteiger partial charge on any atom is -0.493 e. The first-order valence-electron chi connectivity index (χ1n) is 12.7. The monoisotopic (exact) mass is 543 g/mol. The number of carbonyl (C=O) groups excluding carboxylic acids is 2. The van der Waals surface area contributed by atoms with Gasteiger partial charge in [-0.1, -0.05) is 34.6 Å². The second-order valence-corrected chi connectivity index (χ2v) is 12.5. The lowest BCUT2D eigenvalue weighted by Gasteiger charge is -2.49. The van der Waals surface area contributed by atoms with E-state index in [1.807, 2.05) is 12.1 Å². The third-order valence-corrected chi connectivity index (χ3v) is 7.96. The van der Waals surface area contributed by atoms with Crippen molar-refractivity contribution in [3.63, 3.8) is 0 Å². The number of rotatable bonds is 6. The number of hydrogen-bond donors (Lipinski definition) is 0. The molecule has 5 nitrogen and oxygen atoms in total. The molecule has 35 heavy (non-hydrogen) atoms. The highest BCUT2D eigenvalue weighted by molar-refractivity contribution is 9.10. The maximum absolute atomic E-state index is 13.8. The number of halogens is 1. The quantitative estimate of drug-likeness (QED) is 0.388. The van der Waals surface area contributed by atoms with Crippen molar-refractivity contribution in [2.75, 3.05) is 20.3 Å². The molecule has 6 heteroatoms. The lowest BCUT2D eigenvalue weighted by Crippen LogP contribution is -2.44. The Hall–Kier alpha value is -2.08. The standard InChI is InChI=1S/C29H38BrNO4/c1-8-10-35-27-18(30)11-17(12-23(27)34-7)24-25-19(13-28(3,4)15-21(25)32)31(9-2)20-14-29(5,6)16-22(33)26(20)24/h11-12,24H,8-10,13-16H2,1-7H3. The van der Waals surface area contributed by atoms with E-state index in [1.165, 1.54) is 0 Å². The van der Waals surface area contributed by atoms with Crippen LogP contribution in [-0.4, -0.2) is 36.7 Å². The summed E-state index contributed by atoms with van der Waals surface area (Å²) in [7, 11) is 1.63. The molecular weight excluding hydrogens is 506 g/mol.